The number of benzene rings is 2. The Morgan fingerprint density at radius 2 is 1.61 bits per heavy atom. The van der Waals surface area contributed by atoms with Crippen molar-refractivity contribution in [3.63, 3.8) is 0 Å². The molecule has 0 aliphatic carbocycles. The monoisotopic (exact) mass is 243 g/mol. The zero-order valence-electron chi connectivity index (χ0n) is 11.0. The summed E-state index contributed by atoms with van der Waals surface area (Å²) in [6, 6.07) is 13.5. The van der Waals surface area contributed by atoms with Gasteiger partial charge in [-0.2, -0.15) is 0 Å². The van der Waals surface area contributed by atoms with Crippen LogP contribution in [0.5, 0.6) is 0 Å². The van der Waals surface area contributed by atoms with Gasteiger partial charge in [0.2, 0.25) is 0 Å². The van der Waals surface area contributed by atoms with E-state index in [1.807, 2.05) is 57.2 Å². The van der Waals surface area contributed by atoms with Crippen molar-refractivity contribution < 1.29 is 4.39 Å². The lowest BCUT2D eigenvalue weighted by Gasteiger charge is -2.14. The standard InChI is InChI=1S/C16H18FN/c1-11(2)18-15-10-6-9-14(16(15)17)13-8-5-4-7-12(13)3/h4-11,18H,1-3H3. The molecule has 0 saturated carbocycles. The number of nitrogens with one attached hydrogen (secondary N) is 1. The molecule has 0 saturated heterocycles. The van der Waals surface area contributed by atoms with Crippen molar-refractivity contribution >= 4 is 5.69 Å². The molecule has 2 rings (SSSR count). The molecule has 1 N–H and O–H groups in total. The topological polar surface area (TPSA) is 12.0 Å². The van der Waals surface area contributed by atoms with E-state index < -0.39 is 0 Å². The van der Waals surface area contributed by atoms with Crippen molar-refractivity contribution in [3.8, 4) is 11.1 Å². The van der Waals surface area contributed by atoms with E-state index in [9.17, 15) is 4.39 Å². The van der Waals surface area contributed by atoms with Gasteiger partial charge in [0.15, 0.2) is 5.82 Å². The summed E-state index contributed by atoms with van der Waals surface area (Å²) in [4.78, 5) is 0. The van der Waals surface area contributed by atoms with E-state index in [4.69, 9.17) is 0 Å². The molecule has 2 heteroatoms. The van der Waals surface area contributed by atoms with E-state index >= 15 is 0 Å². The highest BCUT2D eigenvalue weighted by molar-refractivity contribution is 5.71. The lowest BCUT2D eigenvalue weighted by atomic mass is 9.99. The zero-order valence-corrected chi connectivity index (χ0v) is 11.0. The van der Waals surface area contributed by atoms with E-state index in [2.05, 4.69) is 5.32 Å². The number of rotatable bonds is 3. The fraction of sp³-hybridized carbons (Fsp3) is 0.250. The average Bonchev–Trinajstić information content (AvgIpc) is 2.32. The van der Waals surface area contributed by atoms with Gasteiger partial charge in [-0.3, -0.25) is 0 Å². The second-order valence-corrected chi connectivity index (χ2v) is 4.78. The lowest BCUT2D eigenvalue weighted by Crippen LogP contribution is -2.11. The third-order valence-corrected chi connectivity index (χ3v) is 2.88. The molecule has 0 heterocycles. The predicted octanol–water partition coefficient (Wildman–Crippen LogP) is 4.62. The molecule has 2 aromatic carbocycles. The van der Waals surface area contributed by atoms with E-state index in [0.717, 1.165) is 11.1 Å². The first-order valence-corrected chi connectivity index (χ1v) is 6.20. The van der Waals surface area contributed by atoms with Crippen LogP contribution < -0.4 is 5.32 Å². The Morgan fingerprint density at radius 1 is 0.944 bits per heavy atom. The molecule has 18 heavy (non-hydrogen) atoms. The Labute approximate surface area is 108 Å². The Balaban J connectivity index is 2.49. The third-order valence-electron chi connectivity index (χ3n) is 2.88. The minimum atomic E-state index is -0.180. The van der Waals surface area contributed by atoms with Gasteiger partial charge in [0.25, 0.3) is 0 Å². The molecule has 2 aromatic rings. The molecule has 0 spiro atoms. The molecular formula is C16H18FN. The van der Waals surface area contributed by atoms with Gasteiger partial charge in [0, 0.05) is 11.6 Å². The highest BCUT2D eigenvalue weighted by Crippen LogP contribution is 2.30. The molecular weight excluding hydrogens is 225 g/mol. The minimum Gasteiger partial charge on any atom is -0.380 e. The lowest BCUT2D eigenvalue weighted by molar-refractivity contribution is 0.631. The summed E-state index contributed by atoms with van der Waals surface area (Å²) in [7, 11) is 0. The van der Waals surface area contributed by atoms with E-state index in [0.29, 0.717) is 11.3 Å². The molecule has 0 aliphatic heterocycles. The molecule has 1 nitrogen and oxygen atoms in total. The van der Waals surface area contributed by atoms with Gasteiger partial charge in [0.05, 0.1) is 5.69 Å². The van der Waals surface area contributed by atoms with Gasteiger partial charge in [-0.15, -0.1) is 0 Å². The molecule has 0 unspecified atom stereocenters. The zero-order chi connectivity index (χ0) is 13.1. The van der Waals surface area contributed by atoms with Crippen LogP contribution in [-0.2, 0) is 0 Å². The van der Waals surface area contributed by atoms with E-state index in [-0.39, 0.29) is 11.9 Å². The van der Waals surface area contributed by atoms with Crippen molar-refractivity contribution in [1.82, 2.24) is 0 Å². The Kier molecular flexibility index (Phi) is 3.66. The molecule has 0 aromatic heterocycles. The normalized spacial score (nSPS) is 10.7. The summed E-state index contributed by atoms with van der Waals surface area (Å²) in [5, 5.41) is 3.13. The molecule has 0 radical (unpaired) electrons. The molecule has 0 bridgehead atoms. The van der Waals surface area contributed by atoms with E-state index in [1.165, 1.54) is 0 Å². The number of aryl methyl sites for hydroxylation is 1. The summed E-state index contributed by atoms with van der Waals surface area (Å²) in [5.41, 5.74) is 3.24. The average molecular weight is 243 g/mol. The van der Waals surface area contributed by atoms with Gasteiger partial charge >= 0.3 is 0 Å². The molecule has 0 fully saturated rings. The number of hydrogen-bond acceptors (Lipinski definition) is 1. The maximum Gasteiger partial charge on any atom is 0.154 e. The van der Waals surface area contributed by atoms with Crippen LogP contribution in [0.15, 0.2) is 42.5 Å². The van der Waals surface area contributed by atoms with Crippen LogP contribution in [0.3, 0.4) is 0 Å². The van der Waals surface area contributed by atoms with Crippen LogP contribution in [-0.4, -0.2) is 6.04 Å². The Hall–Kier alpha value is -1.83. The number of anilines is 1. The highest BCUT2D eigenvalue weighted by Gasteiger charge is 2.11. The fourth-order valence-electron chi connectivity index (χ4n) is 2.04. The van der Waals surface area contributed by atoms with Gasteiger partial charge in [0.1, 0.15) is 0 Å². The minimum absolute atomic E-state index is 0.180. The third kappa shape index (κ3) is 2.53. The first-order valence-electron chi connectivity index (χ1n) is 6.20. The highest BCUT2D eigenvalue weighted by atomic mass is 19.1. The summed E-state index contributed by atoms with van der Waals surface area (Å²) in [6.45, 7) is 6.00. The van der Waals surface area contributed by atoms with E-state index in [1.54, 1.807) is 6.07 Å². The number of hydrogen-bond donors (Lipinski definition) is 1. The van der Waals surface area contributed by atoms with Crippen molar-refractivity contribution in [2.24, 2.45) is 0 Å². The number of halogens is 1. The van der Waals surface area contributed by atoms with Crippen LogP contribution in [0.4, 0.5) is 10.1 Å². The van der Waals surface area contributed by atoms with Gasteiger partial charge < -0.3 is 5.32 Å². The molecule has 94 valence electrons. The maximum absolute atomic E-state index is 14.4. The predicted molar refractivity (Wildman–Crippen MR) is 75.3 cm³/mol. The molecule has 0 aliphatic rings. The van der Waals surface area contributed by atoms with Gasteiger partial charge in [-0.05, 0) is 38.0 Å². The first-order chi connectivity index (χ1) is 8.59. The van der Waals surface area contributed by atoms with Crippen molar-refractivity contribution in [1.29, 1.82) is 0 Å². The van der Waals surface area contributed by atoms with Crippen LogP contribution >= 0.6 is 0 Å². The quantitative estimate of drug-likeness (QED) is 0.829. The van der Waals surface area contributed by atoms with Crippen molar-refractivity contribution in [2.75, 3.05) is 5.32 Å². The second-order valence-electron chi connectivity index (χ2n) is 4.78. The SMILES string of the molecule is Cc1ccccc1-c1cccc(NC(C)C)c1F. The maximum atomic E-state index is 14.4. The molecule has 0 amide bonds. The van der Waals surface area contributed by atoms with Gasteiger partial charge in [-0.25, -0.2) is 4.39 Å². The first kappa shape index (κ1) is 12.6. The van der Waals surface area contributed by atoms with Crippen LogP contribution in [0.25, 0.3) is 11.1 Å². The fourth-order valence-corrected chi connectivity index (χ4v) is 2.04. The summed E-state index contributed by atoms with van der Waals surface area (Å²) < 4.78 is 14.4. The van der Waals surface area contributed by atoms with Gasteiger partial charge in [-0.1, -0.05) is 36.4 Å². The second kappa shape index (κ2) is 5.21. The summed E-state index contributed by atoms with van der Waals surface area (Å²) in [6.07, 6.45) is 0. The van der Waals surface area contributed by atoms with Crippen LogP contribution in [0.1, 0.15) is 19.4 Å². The Morgan fingerprint density at radius 3 is 2.28 bits per heavy atom. The summed E-state index contributed by atoms with van der Waals surface area (Å²) in [5.74, 6) is -0.180. The van der Waals surface area contributed by atoms with Crippen LogP contribution in [0, 0.1) is 12.7 Å². The smallest absolute Gasteiger partial charge is 0.154 e. The summed E-state index contributed by atoms with van der Waals surface area (Å²) >= 11 is 0. The van der Waals surface area contributed by atoms with Crippen LogP contribution in [0.2, 0.25) is 0 Å². The Bertz CT molecular complexity index is 547. The molecule has 0 atom stereocenters. The van der Waals surface area contributed by atoms with Crippen molar-refractivity contribution in [3.05, 3.63) is 53.8 Å². The van der Waals surface area contributed by atoms with Crippen molar-refractivity contribution in [2.45, 2.75) is 26.8 Å². The largest absolute Gasteiger partial charge is 0.380 e.